The first-order valence-electron chi connectivity index (χ1n) is 6.91. The monoisotopic (exact) mass is 340 g/mol. The maximum absolute atomic E-state index is 12.8. The number of halogens is 3. The molecule has 2 rings (SSSR count). The molecular formula is C16H15F3N2OS. The molecule has 0 aliphatic rings. The Kier molecular flexibility index (Phi) is 6.04. The standard InChI is InChI=1S/C16H15F3N2OS/c17-16(18,19)13-7-8-20-10-14(13)23-11-15(22)21-9-6-12-4-2-1-3-5-12/h1-5,7-8,10H,6,9,11H2,(H,21,22). The van der Waals surface area contributed by atoms with Crippen molar-refractivity contribution in [3.8, 4) is 0 Å². The van der Waals surface area contributed by atoms with Gasteiger partial charge in [0.05, 0.1) is 11.3 Å². The maximum atomic E-state index is 12.8. The first kappa shape index (κ1) is 17.3. The van der Waals surface area contributed by atoms with Crippen LogP contribution in [0.2, 0.25) is 0 Å². The minimum atomic E-state index is -4.45. The number of hydrogen-bond acceptors (Lipinski definition) is 3. The zero-order valence-electron chi connectivity index (χ0n) is 12.1. The summed E-state index contributed by atoms with van der Waals surface area (Å²) in [6.07, 6.45) is -1.55. The normalized spacial score (nSPS) is 11.3. The first-order valence-corrected chi connectivity index (χ1v) is 7.90. The molecule has 0 atom stereocenters. The Morgan fingerprint density at radius 1 is 1.17 bits per heavy atom. The van der Waals surface area contributed by atoms with E-state index in [9.17, 15) is 18.0 Å². The van der Waals surface area contributed by atoms with Crippen LogP contribution in [0.15, 0.2) is 53.7 Å². The van der Waals surface area contributed by atoms with Crippen molar-refractivity contribution >= 4 is 17.7 Å². The number of alkyl halides is 3. The Bertz CT molecular complexity index is 647. The second kappa shape index (κ2) is 8.01. The molecule has 0 unspecified atom stereocenters. The number of carbonyl (C=O) groups is 1. The quantitative estimate of drug-likeness (QED) is 0.818. The van der Waals surface area contributed by atoms with Crippen LogP contribution in [0.25, 0.3) is 0 Å². The molecule has 0 saturated carbocycles. The Morgan fingerprint density at radius 2 is 1.91 bits per heavy atom. The summed E-state index contributed by atoms with van der Waals surface area (Å²) in [5.41, 5.74) is 0.321. The van der Waals surface area contributed by atoms with Gasteiger partial charge in [0.2, 0.25) is 5.91 Å². The summed E-state index contributed by atoms with van der Waals surface area (Å²) >= 11 is 0.834. The van der Waals surface area contributed by atoms with Gasteiger partial charge in [0.25, 0.3) is 0 Å². The number of benzene rings is 1. The van der Waals surface area contributed by atoms with Crippen molar-refractivity contribution in [1.82, 2.24) is 10.3 Å². The largest absolute Gasteiger partial charge is 0.417 e. The van der Waals surface area contributed by atoms with E-state index in [1.807, 2.05) is 30.3 Å². The number of rotatable bonds is 6. The van der Waals surface area contributed by atoms with Crippen LogP contribution in [0.3, 0.4) is 0 Å². The Balaban J connectivity index is 1.81. The number of aromatic nitrogens is 1. The van der Waals surface area contributed by atoms with Crippen molar-refractivity contribution in [3.63, 3.8) is 0 Å². The van der Waals surface area contributed by atoms with Crippen LogP contribution in [0.4, 0.5) is 13.2 Å². The average molecular weight is 340 g/mol. The van der Waals surface area contributed by atoms with Crippen molar-refractivity contribution in [1.29, 1.82) is 0 Å². The molecule has 1 amide bonds. The smallest absolute Gasteiger partial charge is 0.355 e. The van der Waals surface area contributed by atoms with E-state index in [1.165, 1.54) is 0 Å². The van der Waals surface area contributed by atoms with E-state index in [-0.39, 0.29) is 16.6 Å². The summed E-state index contributed by atoms with van der Waals surface area (Å²) in [4.78, 5) is 15.4. The van der Waals surface area contributed by atoms with Crippen LogP contribution in [0.5, 0.6) is 0 Å². The summed E-state index contributed by atoms with van der Waals surface area (Å²) in [6.45, 7) is 0.447. The van der Waals surface area contributed by atoms with Gasteiger partial charge < -0.3 is 5.32 Å². The van der Waals surface area contributed by atoms with Gasteiger partial charge in [-0.1, -0.05) is 30.3 Å². The van der Waals surface area contributed by atoms with Crippen molar-refractivity contribution in [3.05, 3.63) is 59.9 Å². The van der Waals surface area contributed by atoms with Crippen LogP contribution in [-0.2, 0) is 17.4 Å². The van der Waals surface area contributed by atoms with Crippen LogP contribution < -0.4 is 5.32 Å². The molecule has 7 heteroatoms. The lowest BCUT2D eigenvalue weighted by molar-refractivity contribution is -0.139. The lowest BCUT2D eigenvalue weighted by atomic mass is 10.1. The number of nitrogens with one attached hydrogen (secondary N) is 1. The third-order valence-electron chi connectivity index (χ3n) is 3.03. The fourth-order valence-electron chi connectivity index (χ4n) is 1.91. The minimum absolute atomic E-state index is 0.0433. The number of hydrogen-bond donors (Lipinski definition) is 1. The van der Waals surface area contributed by atoms with Crippen molar-refractivity contribution in [2.45, 2.75) is 17.5 Å². The molecule has 1 N–H and O–H groups in total. The van der Waals surface area contributed by atoms with Gasteiger partial charge in [0.15, 0.2) is 0 Å². The maximum Gasteiger partial charge on any atom is 0.417 e. The lowest BCUT2D eigenvalue weighted by Gasteiger charge is -2.11. The number of pyridine rings is 1. The molecular weight excluding hydrogens is 325 g/mol. The second-order valence-corrected chi connectivity index (χ2v) is 5.76. The molecule has 1 heterocycles. The number of nitrogens with zero attached hydrogens (tertiary/aromatic N) is 1. The fourth-order valence-corrected chi connectivity index (χ4v) is 2.78. The predicted molar refractivity (Wildman–Crippen MR) is 83.1 cm³/mol. The number of carbonyl (C=O) groups excluding carboxylic acids is 1. The molecule has 0 bridgehead atoms. The van der Waals surface area contributed by atoms with Gasteiger partial charge in [0.1, 0.15) is 0 Å². The number of thioether (sulfide) groups is 1. The topological polar surface area (TPSA) is 42.0 Å². The molecule has 0 radical (unpaired) electrons. The molecule has 2 aromatic rings. The summed E-state index contributed by atoms with van der Waals surface area (Å²) in [7, 11) is 0. The van der Waals surface area contributed by atoms with E-state index in [0.717, 1.165) is 35.8 Å². The third kappa shape index (κ3) is 5.59. The summed E-state index contributed by atoms with van der Waals surface area (Å²) in [5, 5.41) is 2.70. The van der Waals surface area contributed by atoms with Crippen LogP contribution in [0, 0.1) is 0 Å². The highest BCUT2D eigenvalue weighted by Gasteiger charge is 2.33. The molecule has 1 aromatic heterocycles. The van der Waals surface area contributed by atoms with Gasteiger partial charge in [-0.05, 0) is 18.1 Å². The minimum Gasteiger partial charge on any atom is -0.355 e. The van der Waals surface area contributed by atoms with Crippen molar-refractivity contribution in [2.75, 3.05) is 12.3 Å². The van der Waals surface area contributed by atoms with E-state index in [0.29, 0.717) is 13.0 Å². The van der Waals surface area contributed by atoms with E-state index in [4.69, 9.17) is 0 Å². The zero-order valence-corrected chi connectivity index (χ0v) is 13.0. The van der Waals surface area contributed by atoms with Gasteiger partial charge in [-0.15, -0.1) is 11.8 Å². The van der Waals surface area contributed by atoms with Gasteiger partial charge in [-0.25, -0.2) is 0 Å². The third-order valence-corrected chi connectivity index (χ3v) is 4.07. The highest BCUT2D eigenvalue weighted by Crippen LogP contribution is 2.35. The molecule has 0 aliphatic carbocycles. The Morgan fingerprint density at radius 3 is 2.61 bits per heavy atom. The zero-order chi connectivity index (χ0) is 16.7. The molecule has 1 aromatic carbocycles. The van der Waals surface area contributed by atoms with Gasteiger partial charge in [0, 0.05) is 23.8 Å². The van der Waals surface area contributed by atoms with Crippen LogP contribution in [-0.4, -0.2) is 23.2 Å². The van der Waals surface area contributed by atoms with E-state index >= 15 is 0 Å². The molecule has 0 spiro atoms. The second-order valence-electron chi connectivity index (χ2n) is 4.74. The molecule has 0 saturated heterocycles. The van der Waals surface area contributed by atoms with E-state index in [1.54, 1.807) is 0 Å². The Labute approximate surface area is 136 Å². The van der Waals surface area contributed by atoms with E-state index < -0.39 is 11.7 Å². The number of amides is 1. The highest BCUT2D eigenvalue weighted by atomic mass is 32.2. The van der Waals surface area contributed by atoms with Gasteiger partial charge in [-0.3, -0.25) is 9.78 Å². The molecule has 0 aliphatic heterocycles. The average Bonchev–Trinajstić information content (AvgIpc) is 2.53. The summed E-state index contributed by atoms with van der Waals surface area (Å²) in [6, 6.07) is 10.5. The van der Waals surface area contributed by atoms with Gasteiger partial charge in [-0.2, -0.15) is 13.2 Å². The lowest BCUT2D eigenvalue weighted by Crippen LogP contribution is -2.27. The molecule has 23 heavy (non-hydrogen) atoms. The summed E-state index contributed by atoms with van der Waals surface area (Å²) < 4.78 is 38.5. The van der Waals surface area contributed by atoms with Gasteiger partial charge >= 0.3 is 6.18 Å². The molecule has 0 fully saturated rings. The SMILES string of the molecule is O=C(CSc1cnccc1C(F)(F)F)NCCc1ccccc1. The predicted octanol–water partition coefficient (Wildman–Crippen LogP) is 3.55. The summed E-state index contributed by atoms with van der Waals surface area (Å²) in [5.74, 6) is -0.383. The van der Waals surface area contributed by atoms with Crippen molar-refractivity contribution < 1.29 is 18.0 Å². The fraction of sp³-hybridized carbons (Fsp3) is 0.250. The van der Waals surface area contributed by atoms with Crippen LogP contribution in [0.1, 0.15) is 11.1 Å². The van der Waals surface area contributed by atoms with Crippen molar-refractivity contribution in [2.24, 2.45) is 0 Å². The first-order chi connectivity index (χ1) is 11.0. The van der Waals surface area contributed by atoms with E-state index in [2.05, 4.69) is 10.3 Å². The molecule has 122 valence electrons. The highest BCUT2D eigenvalue weighted by molar-refractivity contribution is 8.00. The van der Waals surface area contributed by atoms with Crippen LogP contribution >= 0.6 is 11.8 Å². The molecule has 3 nitrogen and oxygen atoms in total. The Hall–Kier alpha value is -2.02.